The molecule has 8 nitrogen and oxygen atoms in total. The quantitative estimate of drug-likeness (QED) is 0.772. The highest BCUT2D eigenvalue weighted by atomic mass is 16.1. The maximum atomic E-state index is 11.6. The normalized spacial score (nSPS) is 17.8. The lowest BCUT2D eigenvalue weighted by Crippen LogP contribution is -2.45. The van der Waals surface area contributed by atoms with Crippen molar-refractivity contribution in [3.05, 3.63) is 47.0 Å². The summed E-state index contributed by atoms with van der Waals surface area (Å²) in [6.07, 6.45) is 7.00. The maximum absolute atomic E-state index is 11.6. The van der Waals surface area contributed by atoms with E-state index in [2.05, 4.69) is 25.4 Å². The molecule has 0 amide bonds. The summed E-state index contributed by atoms with van der Waals surface area (Å²) >= 11 is 0. The molecule has 1 saturated heterocycles. The second-order valence-electron chi connectivity index (χ2n) is 6.33. The molecule has 1 aliphatic rings. The number of anilines is 2. The first-order chi connectivity index (χ1) is 12.2. The Hall–Kier alpha value is -2.90. The summed E-state index contributed by atoms with van der Waals surface area (Å²) in [5, 5.41) is 12.3. The zero-order valence-corrected chi connectivity index (χ0v) is 14.2. The molecule has 0 saturated carbocycles. The summed E-state index contributed by atoms with van der Waals surface area (Å²) in [4.78, 5) is 18.1. The number of aryl methyl sites for hydroxylation is 1. The SMILES string of the molecule is Cn1nc(N2CCCCC2CNc2ccc3nccn3n2)ccc1=O. The van der Waals surface area contributed by atoms with Gasteiger partial charge >= 0.3 is 0 Å². The molecule has 0 aliphatic carbocycles. The molecule has 1 N–H and O–H groups in total. The van der Waals surface area contributed by atoms with Gasteiger partial charge in [0.05, 0.1) is 0 Å². The fraction of sp³-hybridized carbons (Fsp3) is 0.412. The average Bonchev–Trinajstić information content (AvgIpc) is 3.10. The first-order valence-corrected chi connectivity index (χ1v) is 8.56. The van der Waals surface area contributed by atoms with Gasteiger partial charge < -0.3 is 10.2 Å². The monoisotopic (exact) mass is 339 g/mol. The van der Waals surface area contributed by atoms with E-state index in [-0.39, 0.29) is 5.56 Å². The predicted octanol–water partition coefficient (Wildman–Crippen LogP) is 1.29. The number of hydrogen-bond acceptors (Lipinski definition) is 6. The van der Waals surface area contributed by atoms with E-state index in [1.165, 1.54) is 11.1 Å². The molecule has 1 fully saturated rings. The highest BCUT2D eigenvalue weighted by molar-refractivity contribution is 5.45. The Morgan fingerprint density at radius 3 is 3.00 bits per heavy atom. The first-order valence-electron chi connectivity index (χ1n) is 8.56. The van der Waals surface area contributed by atoms with Gasteiger partial charge in [-0.1, -0.05) is 0 Å². The van der Waals surface area contributed by atoms with Gasteiger partial charge in [-0.05, 0) is 37.5 Å². The minimum atomic E-state index is -0.0896. The molecule has 130 valence electrons. The Bertz CT molecular complexity index is 932. The van der Waals surface area contributed by atoms with Crippen LogP contribution in [-0.2, 0) is 7.05 Å². The van der Waals surface area contributed by atoms with Crippen molar-refractivity contribution in [2.75, 3.05) is 23.3 Å². The molecule has 1 unspecified atom stereocenters. The Balaban J connectivity index is 1.50. The standard InChI is InChI=1S/C17H21N7O/c1-22-17(25)8-7-16(21-22)23-10-3-2-4-13(23)12-19-14-5-6-15-18-9-11-24(15)20-14/h5-9,11,13H,2-4,10,12H2,1H3,(H,19,20). The lowest BCUT2D eigenvalue weighted by molar-refractivity contribution is 0.464. The largest absolute Gasteiger partial charge is 0.367 e. The van der Waals surface area contributed by atoms with Crippen LogP contribution in [0.3, 0.4) is 0 Å². The fourth-order valence-corrected chi connectivity index (χ4v) is 3.29. The number of aromatic nitrogens is 5. The van der Waals surface area contributed by atoms with Gasteiger partial charge in [0, 0.05) is 44.6 Å². The Morgan fingerprint density at radius 2 is 2.12 bits per heavy atom. The number of rotatable bonds is 4. The molecule has 4 heterocycles. The van der Waals surface area contributed by atoms with Gasteiger partial charge in [0.15, 0.2) is 5.65 Å². The predicted molar refractivity (Wildman–Crippen MR) is 95.9 cm³/mol. The van der Waals surface area contributed by atoms with Crippen LogP contribution in [0, 0.1) is 0 Å². The lowest BCUT2D eigenvalue weighted by atomic mass is 10.0. The van der Waals surface area contributed by atoms with E-state index >= 15 is 0 Å². The van der Waals surface area contributed by atoms with Crippen LogP contribution in [0.2, 0.25) is 0 Å². The summed E-state index contributed by atoms with van der Waals surface area (Å²) in [5.74, 6) is 1.68. The molecular formula is C17H21N7O. The van der Waals surface area contributed by atoms with Gasteiger partial charge in [0.1, 0.15) is 11.6 Å². The van der Waals surface area contributed by atoms with Crippen LogP contribution in [0.15, 0.2) is 41.5 Å². The lowest BCUT2D eigenvalue weighted by Gasteiger charge is -2.36. The molecular weight excluding hydrogens is 318 g/mol. The topological polar surface area (TPSA) is 80.3 Å². The van der Waals surface area contributed by atoms with Gasteiger partial charge in [-0.25, -0.2) is 14.2 Å². The number of imidazole rings is 1. The summed E-state index contributed by atoms with van der Waals surface area (Å²) < 4.78 is 3.15. The molecule has 0 bridgehead atoms. The fourth-order valence-electron chi connectivity index (χ4n) is 3.29. The molecule has 25 heavy (non-hydrogen) atoms. The van der Waals surface area contributed by atoms with Crippen LogP contribution in [0.25, 0.3) is 5.65 Å². The average molecular weight is 339 g/mol. The van der Waals surface area contributed by atoms with Crippen LogP contribution in [-0.4, -0.2) is 43.5 Å². The molecule has 1 atom stereocenters. The van der Waals surface area contributed by atoms with Crippen molar-refractivity contribution in [3.63, 3.8) is 0 Å². The van der Waals surface area contributed by atoms with E-state index in [1.54, 1.807) is 23.8 Å². The third-order valence-electron chi connectivity index (χ3n) is 4.64. The van der Waals surface area contributed by atoms with Gasteiger partial charge in [-0.15, -0.1) is 5.10 Å². The van der Waals surface area contributed by atoms with Gasteiger partial charge in [0.2, 0.25) is 0 Å². The Labute approximate surface area is 145 Å². The number of piperidine rings is 1. The van der Waals surface area contributed by atoms with Crippen molar-refractivity contribution in [1.82, 2.24) is 24.4 Å². The molecule has 1 aliphatic heterocycles. The third kappa shape index (κ3) is 3.19. The number of nitrogens with zero attached hydrogens (tertiary/aromatic N) is 6. The number of fused-ring (bicyclic) bond motifs is 1. The van der Waals surface area contributed by atoms with Gasteiger partial charge in [0.25, 0.3) is 5.56 Å². The molecule has 3 aromatic heterocycles. The summed E-state index contributed by atoms with van der Waals surface area (Å²) in [6.45, 7) is 1.73. The van der Waals surface area contributed by atoms with Crippen LogP contribution in [0.5, 0.6) is 0 Å². The van der Waals surface area contributed by atoms with Crippen molar-refractivity contribution < 1.29 is 0 Å². The van der Waals surface area contributed by atoms with Crippen LogP contribution < -0.4 is 15.8 Å². The van der Waals surface area contributed by atoms with Gasteiger partial charge in [-0.2, -0.15) is 5.10 Å². The van der Waals surface area contributed by atoms with E-state index < -0.39 is 0 Å². The summed E-state index contributed by atoms with van der Waals surface area (Å²) in [6, 6.07) is 7.61. The summed E-state index contributed by atoms with van der Waals surface area (Å²) in [7, 11) is 1.69. The highest BCUT2D eigenvalue weighted by Gasteiger charge is 2.24. The second-order valence-corrected chi connectivity index (χ2v) is 6.33. The van der Waals surface area contributed by atoms with Crippen LogP contribution in [0.1, 0.15) is 19.3 Å². The Kier molecular flexibility index (Phi) is 4.09. The smallest absolute Gasteiger partial charge is 0.266 e. The molecule has 4 rings (SSSR count). The molecule has 3 aromatic rings. The van der Waals surface area contributed by atoms with Crippen LogP contribution in [0.4, 0.5) is 11.6 Å². The van der Waals surface area contributed by atoms with E-state index in [1.807, 2.05) is 24.4 Å². The van der Waals surface area contributed by atoms with E-state index in [9.17, 15) is 4.79 Å². The van der Waals surface area contributed by atoms with E-state index in [4.69, 9.17) is 0 Å². The van der Waals surface area contributed by atoms with Crippen molar-refractivity contribution in [2.24, 2.45) is 7.05 Å². The minimum absolute atomic E-state index is 0.0896. The Morgan fingerprint density at radius 1 is 1.20 bits per heavy atom. The maximum Gasteiger partial charge on any atom is 0.266 e. The number of nitrogens with one attached hydrogen (secondary N) is 1. The van der Waals surface area contributed by atoms with Crippen LogP contribution >= 0.6 is 0 Å². The summed E-state index contributed by atoms with van der Waals surface area (Å²) in [5.41, 5.74) is 0.743. The number of hydrogen-bond donors (Lipinski definition) is 1. The van der Waals surface area contributed by atoms with Crippen molar-refractivity contribution in [3.8, 4) is 0 Å². The highest BCUT2D eigenvalue weighted by Crippen LogP contribution is 2.22. The molecule has 0 radical (unpaired) electrons. The minimum Gasteiger partial charge on any atom is -0.367 e. The van der Waals surface area contributed by atoms with Crippen molar-refractivity contribution in [1.29, 1.82) is 0 Å². The van der Waals surface area contributed by atoms with Gasteiger partial charge in [-0.3, -0.25) is 4.79 Å². The zero-order valence-electron chi connectivity index (χ0n) is 14.2. The first kappa shape index (κ1) is 15.6. The van der Waals surface area contributed by atoms with Crippen molar-refractivity contribution in [2.45, 2.75) is 25.3 Å². The molecule has 0 spiro atoms. The van der Waals surface area contributed by atoms with E-state index in [0.717, 1.165) is 43.2 Å². The second kappa shape index (κ2) is 6.54. The molecule has 0 aromatic carbocycles. The molecule has 8 heteroatoms. The van der Waals surface area contributed by atoms with Crippen molar-refractivity contribution >= 4 is 17.3 Å². The third-order valence-corrected chi connectivity index (χ3v) is 4.64. The zero-order chi connectivity index (χ0) is 17.2. The van der Waals surface area contributed by atoms with E-state index in [0.29, 0.717) is 6.04 Å².